The minimum absolute atomic E-state index is 0.0376. The van der Waals surface area contributed by atoms with E-state index in [0.717, 1.165) is 6.26 Å². The molecule has 0 spiro atoms. The van der Waals surface area contributed by atoms with Gasteiger partial charge in [-0.15, -0.1) is 0 Å². The van der Waals surface area contributed by atoms with E-state index >= 15 is 0 Å². The van der Waals surface area contributed by atoms with E-state index in [1.807, 2.05) is 0 Å². The molecular weight excluding hydrogens is 397 g/mol. The van der Waals surface area contributed by atoms with Gasteiger partial charge in [-0.25, -0.2) is 12.8 Å². The smallest absolute Gasteiger partial charge is 0.175 e. The number of rotatable bonds is 6. The Balaban J connectivity index is 2.38. The highest BCUT2D eigenvalue weighted by Gasteiger charge is 2.20. The maximum Gasteiger partial charge on any atom is 0.175 e. The van der Waals surface area contributed by atoms with Gasteiger partial charge in [-0.3, -0.25) is 4.98 Å². The average molecular weight is 417 g/mol. The lowest BCUT2D eigenvalue weighted by Gasteiger charge is -2.17. The molecule has 3 aromatic rings. The Morgan fingerprint density at radius 1 is 1.00 bits per heavy atom. The molecule has 0 fully saturated rings. The van der Waals surface area contributed by atoms with Crippen LogP contribution >= 0.6 is 0 Å². The van der Waals surface area contributed by atoms with Crippen LogP contribution in [0.1, 0.15) is 5.56 Å². The molecule has 8 heteroatoms. The average Bonchev–Trinajstić information content (AvgIpc) is 2.72. The third-order valence-electron chi connectivity index (χ3n) is 4.45. The fourth-order valence-electron chi connectivity index (χ4n) is 3.04. The first kappa shape index (κ1) is 20.8. The van der Waals surface area contributed by atoms with Crippen LogP contribution in [0.25, 0.3) is 22.3 Å². The molecule has 152 valence electrons. The number of hydrogen-bond acceptors (Lipinski definition) is 6. The van der Waals surface area contributed by atoms with Gasteiger partial charge in [-0.05, 0) is 47.0 Å². The molecule has 0 aliphatic rings. The number of nitrogens with zero attached hydrogens (tertiary/aromatic N) is 1. The van der Waals surface area contributed by atoms with Crippen LogP contribution < -0.4 is 9.47 Å². The van der Waals surface area contributed by atoms with Gasteiger partial charge < -0.3 is 14.6 Å². The normalized spacial score (nSPS) is 11.3. The largest absolute Gasteiger partial charge is 0.496 e. The van der Waals surface area contributed by atoms with Gasteiger partial charge in [-0.1, -0.05) is 6.07 Å². The molecule has 0 aliphatic carbocycles. The van der Waals surface area contributed by atoms with Crippen molar-refractivity contribution in [3.8, 4) is 33.8 Å². The lowest BCUT2D eigenvalue weighted by molar-refractivity contribution is 0.281. The van der Waals surface area contributed by atoms with Crippen LogP contribution in [0, 0.1) is 5.82 Å². The predicted octanol–water partition coefficient (Wildman–Crippen LogP) is 3.47. The number of aliphatic hydroxyl groups is 1. The molecule has 0 amide bonds. The topological polar surface area (TPSA) is 85.7 Å². The number of methoxy groups -OCH3 is 2. The molecule has 0 atom stereocenters. The van der Waals surface area contributed by atoms with Crippen LogP contribution in [0.15, 0.2) is 53.7 Å². The maximum absolute atomic E-state index is 14.4. The standard InChI is InChI=1S/C21H20FNO5S/c1-27-19-5-4-14(7-18(19)22)17-8-16(29(3,25)26)9-20(28-2)21(17)15-6-13(12-24)10-23-11-15/h4-11,24H,12H2,1-3H3. The van der Waals surface area contributed by atoms with E-state index in [-0.39, 0.29) is 23.0 Å². The van der Waals surface area contributed by atoms with Crippen molar-refractivity contribution in [2.24, 2.45) is 0 Å². The van der Waals surface area contributed by atoms with E-state index in [1.165, 1.54) is 44.7 Å². The Morgan fingerprint density at radius 2 is 1.72 bits per heavy atom. The van der Waals surface area contributed by atoms with Crippen molar-refractivity contribution in [2.45, 2.75) is 11.5 Å². The number of halogens is 1. The number of aliphatic hydroxyl groups excluding tert-OH is 1. The van der Waals surface area contributed by atoms with Crippen LogP contribution in [0.5, 0.6) is 11.5 Å². The molecule has 29 heavy (non-hydrogen) atoms. The zero-order valence-electron chi connectivity index (χ0n) is 16.1. The Morgan fingerprint density at radius 3 is 2.31 bits per heavy atom. The summed E-state index contributed by atoms with van der Waals surface area (Å²) < 4.78 is 49.2. The molecule has 1 N–H and O–H groups in total. The van der Waals surface area contributed by atoms with Crippen molar-refractivity contribution in [1.29, 1.82) is 0 Å². The van der Waals surface area contributed by atoms with E-state index in [4.69, 9.17) is 9.47 Å². The van der Waals surface area contributed by atoms with Crippen molar-refractivity contribution >= 4 is 9.84 Å². The van der Waals surface area contributed by atoms with Crippen LogP contribution in [0.3, 0.4) is 0 Å². The van der Waals surface area contributed by atoms with Crippen LogP contribution in [0.2, 0.25) is 0 Å². The third-order valence-corrected chi connectivity index (χ3v) is 5.54. The van der Waals surface area contributed by atoms with Gasteiger partial charge in [0.1, 0.15) is 5.75 Å². The summed E-state index contributed by atoms with van der Waals surface area (Å²) in [6.45, 7) is -0.211. The summed E-state index contributed by atoms with van der Waals surface area (Å²) in [5.74, 6) is -0.219. The minimum Gasteiger partial charge on any atom is -0.496 e. The summed E-state index contributed by atoms with van der Waals surface area (Å²) in [4.78, 5) is 4.17. The Hall–Kier alpha value is -2.97. The van der Waals surface area contributed by atoms with E-state index in [1.54, 1.807) is 18.3 Å². The molecule has 0 aliphatic heterocycles. The number of aromatic nitrogens is 1. The molecule has 1 heterocycles. The fraction of sp³-hybridized carbons (Fsp3) is 0.190. The molecule has 0 saturated heterocycles. The summed E-state index contributed by atoms with van der Waals surface area (Å²) in [6, 6.07) is 8.98. The first-order valence-electron chi connectivity index (χ1n) is 8.59. The van der Waals surface area contributed by atoms with Crippen molar-refractivity contribution in [1.82, 2.24) is 4.98 Å². The molecule has 0 saturated carbocycles. The van der Waals surface area contributed by atoms with Gasteiger partial charge in [0.15, 0.2) is 21.4 Å². The van der Waals surface area contributed by atoms with Gasteiger partial charge in [0.25, 0.3) is 0 Å². The summed E-state index contributed by atoms with van der Waals surface area (Å²) in [5.41, 5.74) is 2.59. The molecule has 0 bridgehead atoms. The van der Waals surface area contributed by atoms with Gasteiger partial charge >= 0.3 is 0 Å². The van der Waals surface area contributed by atoms with Gasteiger partial charge in [0, 0.05) is 29.8 Å². The van der Waals surface area contributed by atoms with Crippen LogP contribution in [0.4, 0.5) is 4.39 Å². The van der Waals surface area contributed by atoms with E-state index in [2.05, 4.69) is 4.98 Å². The van der Waals surface area contributed by atoms with Crippen molar-refractivity contribution in [3.05, 3.63) is 60.2 Å². The maximum atomic E-state index is 14.4. The van der Waals surface area contributed by atoms with Crippen LogP contribution in [-0.2, 0) is 16.4 Å². The number of pyridine rings is 1. The lowest BCUT2D eigenvalue weighted by atomic mass is 9.93. The van der Waals surface area contributed by atoms with Crippen LogP contribution in [-0.4, -0.2) is 39.0 Å². The monoisotopic (exact) mass is 417 g/mol. The predicted molar refractivity (Wildman–Crippen MR) is 107 cm³/mol. The van der Waals surface area contributed by atoms with Crippen molar-refractivity contribution in [3.63, 3.8) is 0 Å². The number of sulfone groups is 1. The first-order valence-corrected chi connectivity index (χ1v) is 10.5. The second-order valence-corrected chi connectivity index (χ2v) is 8.43. The second kappa shape index (κ2) is 8.18. The summed E-state index contributed by atoms with van der Waals surface area (Å²) >= 11 is 0. The summed E-state index contributed by atoms with van der Waals surface area (Å²) in [5, 5.41) is 9.45. The molecule has 2 aromatic carbocycles. The first-order chi connectivity index (χ1) is 13.8. The Labute approximate surface area is 168 Å². The minimum atomic E-state index is -3.55. The van der Waals surface area contributed by atoms with Gasteiger partial charge in [-0.2, -0.15) is 0 Å². The summed E-state index contributed by atoms with van der Waals surface area (Å²) in [6.07, 6.45) is 4.18. The van der Waals surface area contributed by atoms with Crippen molar-refractivity contribution in [2.75, 3.05) is 20.5 Å². The zero-order chi connectivity index (χ0) is 21.2. The lowest BCUT2D eigenvalue weighted by Crippen LogP contribution is -2.01. The highest BCUT2D eigenvalue weighted by atomic mass is 32.2. The highest BCUT2D eigenvalue weighted by molar-refractivity contribution is 7.90. The molecule has 6 nitrogen and oxygen atoms in total. The fourth-order valence-corrected chi connectivity index (χ4v) is 3.69. The SMILES string of the molecule is COc1ccc(-c2cc(S(C)(=O)=O)cc(OC)c2-c2cncc(CO)c2)cc1F. The molecule has 3 rings (SSSR count). The Bertz CT molecular complexity index is 1160. The number of hydrogen-bond donors (Lipinski definition) is 1. The van der Waals surface area contributed by atoms with E-state index in [0.29, 0.717) is 27.8 Å². The number of ether oxygens (including phenoxy) is 2. The third kappa shape index (κ3) is 4.23. The zero-order valence-corrected chi connectivity index (χ0v) is 17.0. The summed E-state index contributed by atoms with van der Waals surface area (Å²) in [7, 11) is -0.768. The van der Waals surface area contributed by atoms with Crippen molar-refractivity contribution < 1.29 is 27.4 Å². The molecule has 1 aromatic heterocycles. The quantitative estimate of drug-likeness (QED) is 0.661. The van der Waals surface area contributed by atoms with Gasteiger partial charge in [0.2, 0.25) is 0 Å². The number of benzene rings is 2. The second-order valence-electron chi connectivity index (χ2n) is 6.41. The van der Waals surface area contributed by atoms with Gasteiger partial charge in [0.05, 0.1) is 25.7 Å². The highest BCUT2D eigenvalue weighted by Crippen LogP contribution is 2.42. The van der Waals surface area contributed by atoms with E-state index < -0.39 is 15.7 Å². The molecule has 0 unspecified atom stereocenters. The molecule has 0 radical (unpaired) electrons. The van der Waals surface area contributed by atoms with E-state index in [9.17, 15) is 17.9 Å². The Kier molecular flexibility index (Phi) is 5.86. The molecular formula is C21H20FNO5S.